The summed E-state index contributed by atoms with van der Waals surface area (Å²) < 4.78 is 5.51. The molecule has 2 aromatic carbocycles. The molecule has 0 bridgehead atoms. The number of imide groups is 1. The number of hydrogen-bond acceptors (Lipinski definition) is 5. The van der Waals surface area contributed by atoms with Crippen LogP contribution in [-0.2, 0) is 16.6 Å². The van der Waals surface area contributed by atoms with Gasteiger partial charge in [-0.25, -0.2) is 4.79 Å². The molecule has 35 heavy (non-hydrogen) atoms. The average molecular weight is 482 g/mol. The topological polar surface area (TPSA) is 105 Å². The molecule has 3 amide bonds. The van der Waals surface area contributed by atoms with Crippen LogP contribution < -0.4 is 15.8 Å². The van der Waals surface area contributed by atoms with Crippen LogP contribution in [0.1, 0.15) is 56.2 Å². The molecule has 0 radical (unpaired) electrons. The molecule has 3 unspecified atom stereocenters. The highest BCUT2D eigenvalue weighted by molar-refractivity contribution is 5.94. The minimum absolute atomic E-state index is 0.0443. The van der Waals surface area contributed by atoms with Gasteiger partial charge in [-0.2, -0.15) is 0 Å². The summed E-state index contributed by atoms with van der Waals surface area (Å²) in [6, 6.07) is 15.0. The number of nitrogens with one attached hydrogen (secondary N) is 1. The number of rotatable bonds is 9. The number of urea groups is 1. The van der Waals surface area contributed by atoms with Crippen molar-refractivity contribution < 1.29 is 19.4 Å². The van der Waals surface area contributed by atoms with Crippen molar-refractivity contribution >= 4 is 11.9 Å². The highest BCUT2D eigenvalue weighted by Crippen LogP contribution is 2.51. The maximum Gasteiger partial charge on any atom is 0.318 e. The molecule has 7 nitrogen and oxygen atoms in total. The van der Waals surface area contributed by atoms with E-state index in [1.807, 2.05) is 50.2 Å². The van der Waals surface area contributed by atoms with Crippen LogP contribution in [0, 0.1) is 6.92 Å². The Morgan fingerprint density at radius 1 is 1.23 bits per heavy atom. The Morgan fingerprint density at radius 3 is 2.57 bits per heavy atom. The second kappa shape index (κ2) is 11.2. The molecule has 3 rings (SSSR count). The van der Waals surface area contributed by atoms with Gasteiger partial charge < -0.3 is 15.6 Å². The number of carbonyl (C=O) groups is 2. The van der Waals surface area contributed by atoms with Crippen LogP contribution in [0.2, 0.25) is 0 Å². The Kier molecular flexibility index (Phi) is 8.56. The number of likely N-dealkylation sites (tertiary alicyclic amines) is 1. The van der Waals surface area contributed by atoms with Crippen molar-refractivity contribution in [3.8, 4) is 5.75 Å². The standard InChI is InChI=1S/C28H39N3O4/c1-5-14-28(34)21(3)31(16-13-22-9-7-6-8-10-22)17-15-27(28,19-25(32)30-26(29)33)24-18-23(35-4)12-11-20(24)2/h6-12,18,21,34H,5,13-17,19H2,1-4H3,(H3,29,30,32,33). The number of aryl methyl sites for hydroxylation is 1. The van der Waals surface area contributed by atoms with Crippen LogP contribution in [0.25, 0.3) is 0 Å². The Hall–Kier alpha value is -2.90. The lowest BCUT2D eigenvalue weighted by Gasteiger charge is -2.58. The first-order valence-electron chi connectivity index (χ1n) is 12.4. The molecule has 3 atom stereocenters. The van der Waals surface area contributed by atoms with Gasteiger partial charge in [-0.05, 0) is 68.5 Å². The molecule has 0 saturated carbocycles. The third kappa shape index (κ3) is 5.52. The van der Waals surface area contributed by atoms with E-state index in [-0.39, 0.29) is 12.5 Å². The van der Waals surface area contributed by atoms with Gasteiger partial charge in [0.1, 0.15) is 5.75 Å². The number of piperidine rings is 1. The molecule has 190 valence electrons. The van der Waals surface area contributed by atoms with Crippen molar-refractivity contribution in [3.63, 3.8) is 0 Å². The lowest BCUT2D eigenvalue weighted by molar-refractivity contribution is -0.150. The van der Waals surface area contributed by atoms with E-state index in [9.17, 15) is 14.7 Å². The fourth-order valence-electron chi connectivity index (χ4n) is 5.90. The first kappa shape index (κ1) is 26.7. The summed E-state index contributed by atoms with van der Waals surface area (Å²) in [7, 11) is 1.61. The summed E-state index contributed by atoms with van der Waals surface area (Å²) >= 11 is 0. The maximum absolute atomic E-state index is 13.0. The lowest BCUT2D eigenvalue weighted by Crippen LogP contribution is -2.68. The SMILES string of the molecule is CCCC1(O)C(C)N(CCc2ccccc2)CCC1(CC(=O)NC(N)=O)c1cc(OC)ccc1C. The summed E-state index contributed by atoms with van der Waals surface area (Å²) in [6.07, 6.45) is 2.65. The average Bonchev–Trinajstić information content (AvgIpc) is 2.82. The van der Waals surface area contributed by atoms with Crippen LogP contribution in [0.4, 0.5) is 4.79 Å². The lowest BCUT2D eigenvalue weighted by atomic mass is 9.56. The number of hydrogen-bond donors (Lipinski definition) is 3. The first-order chi connectivity index (χ1) is 16.7. The first-order valence-corrected chi connectivity index (χ1v) is 12.4. The van der Waals surface area contributed by atoms with Gasteiger partial charge >= 0.3 is 6.03 Å². The Bertz CT molecular complexity index is 1030. The van der Waals surface area contributed by atoms with Gasteiger partial charge in [0.05, 0.1) is 12.7 Å². The van der Waals surface area contributed by atoms with E-state index in [4.69, 9.17) is 10.5 Å². The molecule has 2 aromatic rings. The zero-order valence-electron chi connectivity index (χ0n) is 21.3. The molecule has 0 spiro atoms. The molecule has 1 fully saturated rings. The van der Waals surface area contributed by atoms with Crippen LogP contribution in [0.15, 0.2) is 48.5 Å². The number of carbonyl (C=O) groups excluding carboxylic acids is 2. The quantitative estimate of drug-likeness (QED) is 0.507. The van der Waals surface area contributed by atoms with Gasteiger partial charge in [0.2, 0.25) is 5.91 Å². The van der Waals surface area contributed by atoms with Gasteiger partial charge in [-0.1, -0.05) is 49.7 Å². The molecule has 0 aliphatic carbocycles. The second-order valence-electron chi connectivity index (χ2n) is 9.72. The molecular formula is C28H39N3O4. The van der Waals surface area contributed by atoms with Gasteiger partial charge in [-0.3, -0.25) is 15.0 Å². The summed E-state index contributed by atoms with van der Waals surface area (Å²) in [5.41, 5.74) is 6.23. The monoisotopic (exact) mass is 481 g/mol. The fourth-order valence-corrected chi connectivity index (χ4v) is 5.90. The summed E-state index contributed by atoms with van der Waals surface area (Å²) in [5.74, 6) is 0.178. The smallest absolute Gasteiger partial charge is 0.318 e. The highest BCUT2D eigenvalue weighted by atomic mass is 16.5. The molecule has 1 aliphatic heterocycles. The number of amides is 3. The number of methoxy groups -OCH3 is 1. The number of benzene rings is 2. The Labute approximate surface area is 208 Å². The van der Waals surface area contributed by atoms with E-state index < -0.39 is 23.0 Å². The number of aliphatic hydroxyl groups is 1. The predicted octanol–water partition coefficient (Wildman–Crippen LogP) is 3.69. The summed E-state index contributed by atoms with van der Waals surface area (Å²) in [4.78, 5) is 26.8. The number of nitrogens with two attached hydrogens (primary N) is 1. The van der Waals surface area contributed by atoms with Gasteiger partial charge in [0.15, 0.2) is 0 Å². The van der Waals surface area contributed by atoms with E-state index >= 15 is 0 Å². The molecule has 4 N–H and O–H groups in total. The van der Waals surface area contributed by atoms with E-state index in [2.05, 4.69) is 29.3 Å². The normalized spacial score (nSPS) is 24.7. The zero-order chi connectivity index (χ0) is 25.6. The largest absolute Gasteiger partial charge is 0.497 e. The van der Waals surface area contributed by atoms with Crippen LogP contribution in [0.3, 0.4) is 0 Å². The minimum Gasteiger partial charge on any atom is -0.497 e. The van der Waals surface area contributed by atoms with Crippen molar-refractivity contribution in [2.75, 3.05) is 20.2 Å². The van der Waals surface area contributed by atoms with Gasteiger partial charge in [0, 0.05) is 24.4 Å². The molecule has 1 aliphatic rings. The van der Waals surface area contributed by atoms with Crippen molar-refractivity contribution in [1.29, 1.82) is 0 Å². The molecule has 1 saturated heterocycles. The Morgan fingerprint density at radius 2 is 1.94 bits per heavy atom. The zero-order valence-corrected chi connectivity index (χ0v) is 21.3. The van der Waals surface area contributed by atoms with Crippen molar-refractivity contribution in [2.45, 2.75) is 69.9 Å². The van der Waals surface area contributed by atoms with E-state index in [0.29, 0.717) is 25.1 Å². The van der Waals surface area contributed by atoms with Gasteiger partial charge in [0.25, 0.3) is 0 Å². The van der Waals surface area contributed by atoms with E-state index in [1.54, 1.807) is 7.11 Å². The highest BCUT2D eigenvalue weighted by Gasteiger charge is 2.59. The number of ether oxygens (including phenoxy) is 1. The summed E-state index contributed by atoms with van der Waals surface area (Å²) in [5, 5.41) is 14.8. The third-order valence-electron chi connectivity index (χ3n) is 7.74. The van der Waals surface area contributed by atoms with E-state index in [1.165, 1.54) is 5.56 Å². The molecule has 7 heteroatoms. The van der Waals surface area contributed by atoms with Crippen LogP contribution in [-0.4, -0.2) is 53.8 Å². The molecule has 1 heterocycles. The number of primary amides is 1. The second-order valence-corrected chi connectivity index (χ2v) is 9.72. The van der Waals surface area contributed by atoms with Gasteiger partial charge in [-0.15, -0.1) is 0 Å². The van der Waals surface area contributed by atoms with Crippen LogP contribution >= 0.6 is 0 Å². The molecule has 0 aromatic heterocycles. The van der Waals surface area contributed by atoms with Crippen LogP contribution in [0.5, 0.6) is 5.75 Å². The van der Waals surface area contributed by atoms with Crippen molar-refractivity contribution in [3.05, 3.63) is 65.2 Å². The third-order valence-corrected chi connectivity index (χ3v) is 7.74. The van der Waals surface area contributed by atoms with E-state index in [0.717, 1.165) is 30.5 Å². The van der Waals surface area contributed by atoms with Crippen molar-refractivity contribution in [1.82, 2.24) is 10.2 Å². The molecular weight excluding hydrogens is 442 g/mol. The summed E-state index contributed by atoms with van der Waals surface area (Å²) in [6.45, 7) is 7.59. The minimum atomic E-state index is -1.22. The predicted molar refractivity (Wildman–Crippen MR) is 137 cm³/mol. The Balaban J connectivity index is 2.06. The fraction of sp³-hybridized carbons (Fsp3) is 0.500. The number of nitrogens with zero attached hydrogens (tertiary/aromatic N) is 1. The van der Waals surface area contributed by atoms with Crippen molar-refractivity contribution in [2.24, 2.45) is 5.73 Å². The maximum atomic E-state index is 13.0.